The number of carboxylic acids is 3. The molecule has 3 rings (SSSR count). The minimum atomic E-state index is -1.79. The number of furan rings is 1. The first-order chi connectivity index (χ1) is 26.7. The summed E-state index contributed by atoms with van der Waals surface area (Å²) in [4.78, 5) is 107. The van der Waals surface area contributed by atoms with Gasteiger partial charge in [0, 0.05) is 18.0 Å². The molecule has 1 aromatic carbocycles. The predicted octanol–water partition coefficient (Wildman–Crippen LogP) is 2.78. The van der Waals surface area contributed by atoms with Gasteiger partial charge < -0.3 is 45.3 Å². The van der Waals surface area contributed by atoms with Gasteiger partial charge in [0.1, 0.15) is 17.6 Å². The van der Waals surface area contributed by atoms with Crippen LogP contribution in [0.2, 0.25) is 0 Å². The van der Waals surface area contributed by atoms with Crippen molar-refractivity contribution in [3.63, 3.8) is 0 Å². The van der Waals surface area contributed by atoms with Gasteiger partial charge in [-0.3, -0.25) is 29.0 Å². The molecule has 0 fully saturated rings. The van der Waals surface area contributed by atoms with E-state index in [1.165, 1.54) is 48.8 Å². The number of aliphatic carboxylic acids is 3. The van der Waals surface area contributed by atoms with Gasteiger partial charge in [-0.25, -0.2) is 14.4 Å². The maximum absolute atomic E-state index is 13.5. The number of benzene rings is 1. The molecule has 19 heteroatoms. The fraction of sp³-hybridized carbons (Fsp3) is 0.378. The van der Waals surface area contributed by atoms with E-state index in [4.69, 9.17) is 24.2 Å². The van der Waals surface area contributed by atoms with Crippen molar-refractivity contribution < 1.29 is 67.7 Å². The van der Waals surface area contributed by atoms with E-state index in [0.29, 0.717) is 24.8 Å². The van der Waals surface area contributed by atoms with E-state index in [9.17, 15) is 43.5 Å². The maximum atomic E-state index is 13.5. The van der Waals surface area contributed by atoms with E-state index in [2.05, 4.69) is 20.9 Å². The van der Waals surface area contributed by atoms with E-state index < -0.39 is 72.6 Å². The van der Waals surface area contributed by atoms with Crippen LogP contribution in [0.4, 0.5) is 0 Å². The van der Waals surface area contributed by atoms with Gasteiger partial charge in [-0.1, -0.05) is 39.2 Å². The highest BCUT2D eigenvalue weighted by Crippen LogP contribution is 2.29. The summed E-state index contributed by atoms with van der Waals surface area (Å²) in [6.45, 7) is 4.16. The summed E-state index contributed by atoms with van der Waals surface area (Å²) in [5.41, 5.74) is 0.654. The Hall–Kier alpha value is -6.79. The van der Waals surface area contributed by atoms with Crippen molar-refractivity contribution in [3.05, 3.63) is 71.2 Å². The first-order valence-corrected chi connectivity index (χ1v) is 17.5. The molecular formula is C37H43N5O14. The van der Waals surface area contributed by atoms with Crippen LogP contribution in [0.25, 0.3) is 11.3 Å². The number of aryl methyl sites for hydroxylation is 1. The Bertz CT molecular complexity index is 1910. The zero-order chi connectivity index (χ0) is 41.4. The van der Waals surface area contributed by atoms with Crippen LogP contribution in [0.15, 0.2) is 53.2 Å². The topological polar surface area (TPSA) is 281 Å². The quantitative estimate of drug-likeness (QED) is 0.0349. The van der Waals surface area contributed by atoms with E-state index in [1.807, 2.05) is 6.92 Å². The summed E-state index contributed by atoms with van der Waals surface area (Å²) in [6.07, 6.45) is 5.22. The molecule has 300 valence electrons. The molecule has 2 aromatic heterocycles. The molecule has 0 radical (unpaired) electrons. The molecule has 19 nitrogen and oxygen atoms in total. The zero-order valence-corrected chi connectivity index (χ0v) is 30.8. The summed E-state index contributed by atoms with van der Waals surface area (Å²) in [5.74, 6) is -8.81. The van der Waals surface area contributed by atoms with Crippen molar-refractivity contribution in [2.75, 3.05) is 13.3 Å². The number of hydrogen-bond donors (Lipinski definition) is 6. The van der Waals surface area contributed by atoms with Gasteiger partial charge in [0.05, 0.1) is 36.2 Å². The van der Waals surface area contributed by atoms with Crippen LogP contribution in [0.1, 0.15) is 89.2 Å². The Morgan fingerprint density at radius 1 is 0.929 bits per heavy atom. The number of hydrogen-bond acceptors (Lipinski definition) is 12. The van der Waals surface area contributed by atoms with E-state index in [0.717, 1.165) is 17.9 Å². The van der Waals surface area contributed by atoms with Crippen LogP contribution in [0.5, 0.6) is 5.75 Å². The summed E-state index contributed by atoms with van der Waals surface area (Å²) in [6, 6.07) is 5.28. The van der Waals surface area contributed by atoms with Crippen molar-refractivity contribution >= 4 is 48.0 Å². The second-order valence-corrected chi connectivity index (χ2v) is 12.4. The maximum Gasteiger partial charge on any atom is 0.363 e. The van der Waals surface area contributed by atoms with E-state index in [1.54, 1.807) is 13.8 Å². The lowest BCUT2D eigenvalue weighted by molar-refractivity contribution is -0.171. The number of nitrogens with zero attached hydrogens (tertiary/aromatic N) is 2. The molecule has 3 aromatic rings. The second-order valence-electron chi connectivity index (χ2n) is 12.4. The number of nitrogens with one attached hydrogen (secondary N) is 3. The number of aromatic nitrogens is 1. The van der Waals surface area contributed by atoms with Crippen LogP contribution >= 0.6 is 0 Å². The molecule has 0 aliphatic heterocycles. The number of carboxylic acid groups (broad SMARTS) is 3. The number of hydroxylamine groups is 2. The van der Waals surface area contributed by atoms with Gasteiger partial charge in [0.15, 0.2) is 12.4 Å². The molecule has 0 bridgehead atoms. The number of pyridine rings is 1. The fourth-order valence-electron chi connectivity index (χ4n) is 5.55. The lowest BCUT2D eigenvalue weighted by Gasteiger charge is -2.32. The Morgan fingerprint density at radius 2 is 1.68 bits per heavy atom. The minimum absolute atomic E-state index is 0.0767. The molecule has 6 N–H and O–H groups in total. The number of amides is 4. The Morgan fingerprint density at radius 3 is 2.30 bits per heavy atom. The van der Waals surface area contributed by atoms with E-state index >= 15 is 0 Å². The average molecular weight is 782 g/mol. The monoisotopic (exact) mass is 781 g/mol. The zero-order valence-electron chi connectivity index (χ0n) is 30.8. The largest absolute Gasteiger partial charge is 0.481 e. The summed E-state index contributed by atoms with van der Waals surface area (Å²) < 4.78 is 10.9. The van der Waals surface area contributed by atoms with Gasteiger partial charge >= 0.3 is 23.9 Å². The van der Waals surface area contributed by atoms with Gasteiger partial charge in [0.2, 0.25) is 12.3 Å². The Labute approximate surface area is 320 Å². The van der Waals surface area contributed by atoms with E-state index in [-0.39, 0.29) is 47.0 Å². The van der Waals surface area contributed by atoms with Gasteiger partial charge in [-0.2, -0.15) is 5.06 Å². The molecule has 0 spiro atoms. The number of carbonyl (C=O) groups is 8. The van der Waals surface area contributed by atoms with Crippen LogP contribution in [-0.2, 0) is 28.8 Å². The highest BCUT2D eigenvalue weighted by atomic mass is 16.7. The normalized spacial score (nSPS) is 12.3. The van der Waals surface area contributed by atoms with Crippen LogP contribution in [0.3, 0.4) is 0 Å². The lowest BCUT2D eigenvalue weighted by Crippen LogP contribution is -2.49. The first-order valence-electron chi connectivity index (χ1n) is 17.5. The highest BCUT2D eigenvalue weighted by Gasteiger charge is 2.34. The predicted molar refractivity (Wildman–Crippen MR) is 193 cm³/mol. The third-order valence-corrected chi connectivity index (χ3v) is 8.38. The summed E-state index contributed by atoms with van der Waals surface area (Å²) >= 11 is 0. The van der Waals surface area contributed by atoms with Crippen LogP contribution in [0, 0.1) is 12.8 Å². The van der Waals surface area contributed by atoms with Crippen molar-refractivity contribution in [3.8, 4) is 17.1 Å². The minimum Gasteiger partial charge on any atom is -0.481 e. The average Bonchev–Trinajstić information content (AvgIpc) is 3.66. The van der Waals surface area contributed by atoms with Crippen molar-refractivity contribution in [1.82, 2.24) is 26.0 Å². The third kappa shape index (κ3) is 12.4. The Balaban J connectivity index is 1.73. The molecule has 3 atom stereocenters. The smallest absolute Gasteiger partial charge is 0.363 e. The molecular weight excluding hydrogens is 738 g/mol. The molecule has 0 saturated carbocycles. The summed E-state index contributed by atoms with van der Waals surface area (Å²) in [5, 5.41) is 35.4. The van der Waals surface area contributed by atoms with Gasteiger partial charge in [-0.15, -0.1) is 0 Å². The number of unbranched alkanes of at least 4 members (excludes halogenated alkanes) is 2. The van der Waals surface area contributed by atoms with Gasteiger partial charge in [-0.05, 0) is 55.7 Å². The van der Waals surface area contributed by atoms with Gasteiger partial charge in [0.25, 0.3) is 11.8 Å². The molecule has 56 heavy (non-hydrogen) atoms. The van der Waals surface area contributed by atoms with Crippen LogP contribution < -0.4 is 20.7 Å². The molecule has 0 aliphatic carbocycles. The first kappa shape index (κ1) is 43.6. The molecule has 0 unspecified atom stereocenters. The van der Waals surface area contributed by atoms with Crippen molar-refractivity contribution in [1.29, 1.82) is 0 Å². The van der Waals surface area contributed by atoms with Crippen molar-refractivity contribution in [2.45, 2.75) is 71.4 Å². The fourth-order valence-corrected chi connectivity index (χ4v) is 5.55. The molecule has 0 saturated heterocycles. The lowest BCUT2D eigenvalue weighted by atomic mass is 9.90. The second kappa shape index (κ2) is 21.2. The van der Waals surface area contributed by atoms with Crippen LogP contribution in [-0.4, -0.2) is 98.7 Å². The number of rotatable bonds is 23. The molecule has 0 aliphatic rings. The number of carbonyl (C=O) groups excluding carboxylic acids is 5. The SMILES string of the molecule is CCCCC[C@@H](C(=O)NCNC(=O)c1ccc(-c2ccc(C(=O)N[C@@H](CC(=O)O)C(=O)O)c(OCC(=O)O)c2)o1)[C@@H](CC)N(C=O)OC(=O)c1ccncc1C. The molecule has 4 amide bonds. The number of ether oxygens (including phenoxy) is 1. The Kier molecular flexibility index (Phi) is 16.5. The third-order valence-electron chi connectivity index (χ3n) is 8.38. The molecule has 2 heterocycles. The standard InChI is InChI=1S/C37H43N5O14/c1-4-6-7-8-24(27(5-2)42(20-43)56-37(53)23-13-14-38-17-21(23)3)33(48)39-19-40-35(50)29-12-11-28(55-29)22-9-10-25(30(15-22)54-18-32(46)47)34(49)41-26(36(51)52)16-31(44)45/h9-15,17,20,24,26-27H,4-8,16,18-19H2,1-3H3,(H,39,48)(H,40,50)(H,41,49)(H,44,45)(H,46,47)(H,51,52)/t24-,26+,27-/m1/s1. The highest BCUT2D eigenvalue weighted by molar-refractivity contribution is 6.00. The summed E-state index contributed by atoms with van der Waals surface area (Å²) in [7, 11) is 0. The van der Waals surface area contributed by atoms with Crippen molar-refractivity contribution in [2.24, 2.45) is 5.92 Å².